The molecule has 14 aromatic carbocycles. The van der Waals surface area contributed by atoms with Crippen LogP contribution in [0, 0.1) is 0 Å². The average molecular weight is 915 g/mol. The molecule has 0 amide bonds. The summed E-state index contributed by atoms with van der Waals surface area (Å²) >= 11 is 0. The molecule has 0 saturated carbocycles. The highest BCUT2D eigenvalue weighted by Crippen LogP contribution is 2.52. The number of ether oxygens (including phenoxy) is 1. The Morgan fingerprint density at radius 2 is 0.458 bits per heavy atom. The monoisotopic (exact) mass is 914 g/mol. The van der Waals surface area contributed by atoms with Gasteiger partial charge in [-0.3, -0.25) is 0 Å². The lowest BCUT2D eigenvalue weighted by molar-refractivity contribution is 0.415. The Morgan fingerprint density at radius 1 is 0.194 bits per heavy atom. The van der Waals surface area contributed by atoms with Crippen LogP contribution in [0.5, 0.6) is 5.75 Å². The predicted octanol–water partition coefficient (Wildman–Crippen LogP) is 19.7. The maximum atomic E-state index is 5.71. The minimum absolute atomic E-state index is 0.837. The topological polar surface area (TPSA) is 9.23 Å². The number of rotatable bonds is 8. The fourth-order valence-corrected chi connectivity index (χ4v) is 11.9. The summed E-state index contributed by atoms with van der Waals surface area (Å²) in [4.78, 5) is 0. The summed E-state index contributed by atoms with van der Waals surface area (Å²) in [5.74, 6) is 0.837. The second-order valence-corrected chi connectivity index (χ2v) is 19.0. The van der Waals surface area contributed by atoms with E-state index >= 15 is 0 Å². The second-order valence-electron chi connectivity index (χ2n) is 19.0. The summed E-state index contributed by atoms with van der Waals surface area (Å²) < 4.78 is 5.71. The third-order valence-corrected chi connectivity index (χ3v) is 15.2. The quantitative estimate of drug-likeness (QED) is 0.138. The van der Waals surface area contributed by atoms with Gasteiger partial charge in [0.1, 0.15) is 5.75 Å². The van der Waals surface area contributed by atoms with E-state index in [-0.39, 0.29) is 0 Å². The predicted molar refractivity (Wildman–Crippen MR) is 307 cm³/mol. The highest BCUT2D eigenvalue weighted by Gasteiger charge is 2.24. The van der Waals surface area contributed by atoms with Crippen molar-refractivity contribution in [2.75, 3.05) is 7.11 Å². The zero-order valence-corrected chi connectivity index (χ0v) is 39.7. The van der Waals surface area contributed by atoms with Crippen molar-refractivity contribution < 1.29 is 4.74 Å². The van der Waals surface area contributed by atoms with Crippen LogP contribution in [0.1, 0.15) is 0 Å². The van der Waals surface area contributed by atoms with E-state index in [1.807, 2.05) is 0 Å². The molecule has 0 unspecified atom stereocenters. The summed E-state index contributed by atoms with van der Waals surface area (Å²) in [5.41, 5.74) is 16.9. The molecule has 1 heteroatoms. The molecule has 72 heavy (non-hydrogen) atoms. The van der Waals surface area contributed by atoms with Crippen LogP contribution in [0.3, 0.4) is 0 Å². The standard InChI is InChI=1S/C71H46O/c1-72-49-31-29-48(30-32-49)66-43-67(59-36-33-50(45-17-5-2-6-18-45)53-23-11-14-26-56(53)59)63-41-42-65-69(61-38-35-52(47-21-9-4-10-22-47)55-25-13-16-28-58(55)61)44-68(64-40-39-62(66)70(63)71(64)65)60-37-34-51(46-19-7-3-8-20-46)54-24-12-15-27-57(54)60/h2-44H,1H3. The number of methoxy groups -OCH3 is 1. The van der Waals surface area contributed by atoms with Crippen molar-refractivity contribution >= 4 is 64.6 Å². The molecule has 0 heterocycles. The minimum atomic E-state index is 0.837. The molecule has 336 valence electrons. The highest BCUT2D eigenvalue weighted by atomic mass is 16.5. The van der Waals surface area contributed by atoms with Crippen molar-refractivity contribution in [2.45, 2.75) is 0 Å². The Labute approximate surface area is 418 Å². The lowest BCUT2D eigenvalue weighted by Crippen LogP contribution is -1.96. The lowest BCUT2D eigenvalue weighted by Gasteiger charge is -2.23. The van der Waals surface area contributed by atoms with Crippen LogP contribution in [0.4, 0.5) is 0 Å². The summed E-state index contributed by atoms with van der Waals surface area (Å²) in [6, 6.07) is 96.4. The SMILES string of the molecule is COc1ccc(-c2cc(-c3ccc(-c4ccccc4)c4ccccc34)c3ccc4c(-c5ccc(-c6ccccc6)c6ccccc56)cc(-c5ccc(-c6ccccc6)c6ccccc56)c5ccc2c3c54)cc1. The smallest absolute Gasteiger partial charge is 0.118 e. The van der Waals surface area contributed by atoms with E-state index in [2.05, 4.69) is 261 Å². The molecule has 0 aliphatic heterocycles. The first kappa shape index (κ1) is 41.7. The van der Waals surface area contributed by atoms with Crippen molar-refractivity contribution in [3.8, 4) is 83.6 Å². The molecule has 0 radical (unpaired) electrons. The third-order valence-electron chi connectivity index (χ3n) is 15.2. The van der Waals surface area contributed by atoms with Crippen LogP contribution in [0.15, 0.2) is 261 Å². The summed E-state index contributed by atoms with van der Waals surface area (Å²) in [7, 11) is 1.74. The van der Waals surface area contributed by atoms with Crippen molar-refractivity contribution in [2.24, 2.45) is 0 Å². The molecular weight excluding hydrogens is 869 g/mol. The Kier molecular flexibility index (Phi) is 9.82. The van der Waals surface area contributed by atoms with E-state index in [1.165, 1.54) is 137 Å². The number of fused-ring (bicyclic) bond motifs is 3. The van der Waals surface area contributed by atoms with E-state index < -0.39 is 0 Å². The molecule has 14 rings (SSSR count). The molecule has 0 N–H and O–H groups in total. The lowest BCUT2D eigenvalue weighted by atomic mass is 9.80. The molecule has 0 atom stereocenters. The number of hydrogen-bond donors (Lipinski definition) is 0. The highest BCUT2D eigenvalue weighted by molar-refractivity contribution is 6.33. The van der Waals surface area contributed by atoms with Crippen LogP contribution in [-0.2, 0) is 0 Å². The molecule has 0 fully saturated rings. The summed E-state index contributed by atoms with van der Waals surface area (Å²) in [6.07, 6.45) is 0. The first-order valence-electron chi connectivity index (χ1n) is 24.9. The van der Waals surface area contributed by atoms with Gasteiger partial charge in [-0.15, -0.1) is 0 Å². The van der Waals surface area contributed by atoms with Gasteiger partial charge in [-0.25, -0.2) is 0 Å². The Bertz CT molecular complexity index is 4240. The molecule has 0 aromatic heterocycles. The molecule has 1 nitrogen and oxygen atoms in total. The molecule has 0 aliphatic carbocycles. The molecule has 0 spiro atoms. The first-order chi connectivity index (χ1) is 35.7. The van der Waals surface area contributed by atoms with Crippen molar-refractivity contribution in [1.82, 2.24) is 0 Å². The summed E-state index contributed by atoms with van der Waals surface area (Å²) in [5, 5.41) is 14.9. The molecule has 0 bridgehead atoms. The zero-order valence-electron chi connectivity index (χ0n) is 39.7. The minimum Gasteiger partial charge on any atom is -0.497 e. The fourth-order valence-electron chi connectivity index (χ4n) is 11.9. The van der Waals surface area contributed by atoms with Gasteiger partial charge in [-0.2, -0.15) is 0 Å². The number of hydrogen-bond acceptors (Lipinski definition) is 1. The van der Waals surface area contributed by atoms with Gasteiger partial charge in [0, 0.05) is 0 Å². The average Bonchev–Trinajstić information content (AvgIpc) is 3.46. The van der Waals surface area contributed by atoms with Crippen LogP contribution >= 0.6 is 0 Å². The van der Waals surface area contributed by atoms with E-state index in [9.17, 15) is 0 Å². The maximum Gasteiger partial charge on any atom is 0.118 e. The van der Waals surface area contributed by atoms with Gasteiger partial charge >= 0.3 is 0 Å². The number of benzene rings is 14. The largest absolute Gasteiger partial charge is 0.497 e. The van der Waals surface area contributed by atoms with Gasteiger partial charge < -0.3 is 4.74 Å². The van der Waals surface area contributed by atoms with Gasteiger partial charge in [0.25, 0.3) is 0 Å². The van der Waals surface area contributed by atoms with E-state index in [0.717, 1.165) is 11.3 Å². The molecule has 0 saturated heterocycles. The molecule has 0 aliphatic rings. The third kappa shape index (κ3) is 6.63. The second kappa shape index (κ2) is 17.0. The van der Waals surface area contributed by atoms with Crippen LogP contribution in [-0.4, -0.2) is 7.11 Å². The Hall–Kier alpha value is -9.30. The van der Waals surface area contributed by atoms with E-state index in [0.29, 0.717) is 0 Å². The maximum absolute atomic E-state index is 5.71. The van der Waals surface area contributed by atoms with Crippen molar-refractivity contribution in [3.05, 3.63) is 261 Å². The van der Waals surface area contributed by atoms with Gasteiger partial charge in [0.15, 0.2) is 0 Å². The molecule has 14 aromatic rings. The normalized spacial score (nSPS) is 11.7. The van der Waals surface area contributed by atoms with Crippen molar-refractivity contribution in [3.63, 3.8) is 0 Å². The van der Waals surface area contributed by atoms with Gasteiger partial charge in [0.2, 0.25) is 0 Å². The first-order valence-corrected chi connectivity index (χ1v) is 24.9. The van der Waals surface area contributed by atoms with Gasteiger partial charge in [-0.1, -0.05) is 237 Å². The Morgan fingerprint density at radius 3 is 0.792 bits per heavy atom. The zero-order chi connectivity index (χ0) is 47.7. The van der Waals surface area contributed by atoms with E-state index in [4.69, 9.17) is 4.74 Å². The van der Waals surface area contributed by atoms with Crippen LogP contribution < -0.4 is 4.74 Å². The van der Waals surface area contributed by atoms with Crippen molar-refractivity contribution in [1.29, 1.82) is 0 Å². The van der Waals surface area contributed by atoms with Gasteiger partial charge in [-0.05, 0) is 167 Å². The summed E-state index contributed by atoms with van der Waals surface area (Å²) in [6.45, 7) is 0. The molecular formula is C71H46O. The van der Waals surface area contributed by atoms with Crippen LogP contribution in [0.2, 0.25) is 0 Å². The fraction of sp³-hybridized carbons (Fsp3) is 0.0141. The Balaban J connectivity index is 1.13. The van der Waals surface area contributed by atoms with Gasteiger partial charge in [0.05, 0.1) is 7.11 Å². The van der Waals surface area contributed by atoms with Crippen LogP contribution in [0.25, 0.3) is 143 Å². The van der Waals surface area contributed by atoms with E-state index in [1.54, 1.807) is 7.11 Å².